The van der Waals surface area contributed by atoms with Gasteiger partial charge in [0.1, 0.15) is 0 Å². The van der Waals surface area contributed by atoms with Crippen LogP contribution in [-0.2, 0) is 13.1 Å². The van der Waals surface area contributed by atoms with Crippen molar-refractivity contribution in [1.29, 1.82) is 0 Å². The van der Waals surface area contributed by atoms with Crippen molar-refractivity contribution in [1.82, 2.24) is 4.90 Å². The van der Waals surface area contributed by atoms with Crippen molar-refractivity contribution in [3.05, 3.63) is 95.6 Å². The van der Waals surface area contributed by atoms with Gasteiger partial charge in [-0.05, 0) is 41.8 Å². The highest BCUT2D eigenvalue weighted by atomic mass is 16.2. The van der Waals surface area contributed by atoms with Gasteiger partial charge in [-0.1, -0.05) is 60.7 Å². The van der Waals surface area contributed by atoms with Crippen LogP contribution in [0.2, 0.25) is 0 Å². The van der Waals surface area contributed by atoms with Crippen LogP contribution in [0, 0.1) is 6.92 Å². The van der Waals surface area contributed by atoms with E-state index in [9.17, 15) is 4.79 Å². The summed E-state index contributed by atoms with van der Waals surface area (Å²) >= 11 is 0. The van der Waals surface area contributed by atoms with E-state index < -0.39 is 0 Å². The number of anilines is 2. The van der Waals surface area contributed by atoms with Crippen molar-refractivity contribution >= 4 is 17.4 Å². The molecule has 4 nitrogen and oxygen atoms in total. The molecule has 0 atom stereocenters. The number of hydrogen-bond donors (Lipinski definition) is 1. The fourth-order valence-electron chi connectivity index (χ4n) is 3.03. The molecule has 3 aromatic carbocycles. The van der Waals surface area contributed by atoms with Crippen molar-refractivity contribution in [2.24, 2.45) is 0 Å². The summed E-state index contributed by atoms with van der Waals surface area (Å²) in [7, 11) is 4.04. The molecule has 0 spiro atoms. The number of para-hydroxylation sites is 1. The Labute approximate surface area is 167 Å². The molecule has 0 fully saturated rings. The van der Waals surface area contributed by atoms with Crippen molar-refractivity contribution in [2.75, 3.05) is 24.3 Å². The van der Waals surface area contributed by atoms with Crippen LogP contribution in [0.3, 0.4) is 0 Å². The number of carbonyl (C=O) groups excluding carboxylic acids is 1. The van der Waals surface area contributed by atoms with E-state index in [1.807, 2.05) is 80.5 Å². The molecule has 0 heterocycles. The van der Waals surface area contributed by atoms with Crippen LogP contribution in [-0.4, -0.2) is 25.0 Å². The molecule has 3 rings (SSSR count). The summed E-state index contributed by atoms with van der Waals surface area (Å²) in [5.74, 6) is 0. The maximum absolute atomic E-state index is 13.1. The van der Waals surface area contributed by atoms with Gasteiger partial charge in [0.05, 0.1) is 0 Å². The van der Waals surface area contributed by atoms with E-state index in [0.717, 1.165) is 28.1 Å². The Morgan fingerprint density at radius 2 is 1.36 bits per heavy atom. The fraction of sp³-hybridized carbons (Fsp3) is 0.208. The van der Waals surface area contributed by atoms with Gasteiger partial charge in [0, 0.05) is 38.6 Å². The molecule has 2 amide bonds. The summed E-state index contributed by atoms with van der Waals surface area (Å²) in [6.07, 6.45) is 0. The number of rotatable bonds is 6. The second-order valence-electron chi connectivity index (χ2n) is 7.15. The maximum Gasteiger partial charge on any atom is 0.322 e. The average molecular weight is 374 g/mol. The van der Waals surface area contributed by atoms with Gasteiger partial charge < -0.3 is 15.1 Å². The molecule has 0 aromatic heterocycles. The molecule has 4 heteroatoms. The highest BCUT2D eigenvalue weighted by Crippen LogP contribution is 2.18. The lowest BCUT2D eigenvalue weighted by molar-refractivity contribution is 0.206. The smallest absolute Gasteiger partial charge is 0.322 e. The van der Waals surface area contributed by atoms with Crippen molar-refractivity contribution in [3.8, 4) is 0 Å². The van der Waals surface area contributed by atoms with Crippen molar-refractivity contribution < 1.29 is 4.79 Å². The van der Waals surface area contributed by atoms with Crippen LogP contribution in [0.1, 0.15) is 16.7 Å². The van der Waals surface area contributed by atoms with Crippen LogP contribution in [0.15, 0.2) is 78.9 Å². The second kappa shape index (κ2) is 9.09. The molecule has 3 aromatic rings. The summed E-state index contributed by atoms with van der Waals surface area (Å²) in [5.41, 5.74) is 5.23. The highest BCUT2D eigenvalue weighted by molar-refractivity contribution is 5.90. The van der Waals surface area contributed by atoms with Gasteiger partial charge in [-0.2, -0.15) is 0 Å². The van der Waals surface area contributed by atoms with Gasteiger partial charge in [0.2, 0.25) is 0 Å². The van der Waals surface area contributed by atoms with Gasteiger partial charge >= 0.3 is 6.03 Å². The van der Waals surface area contributed by atoms with Crippen LogP contribution in [0.4, 0.5) is 16.2 Å². The normalized spacial score (nSPS) is 10.4. The van der Waals surface area contributed by atoms with Crippen molar-refractivity contribution in [3.63, 3.8) is 0 Å². The molecule has 0 aliphatic carbocycles. The standard InChI is InChI=1S/C24H27N3O/c1-19-9-7-8-12-23(19)25-24(28)27(17-20-10-5-4-6-11-20)18-21-13-15-22(16-14-21)26(2)3/h4-16H,17-18H2,1-3H3,(H,25,28). The Morgan fingerprint density at radius 3 is 1.96 bits per heavy atom. The molecule has 1 N–H and O–H groups in total. The molecule has 0 aliphatic heterocycles. The summed E-state index contributed by atoms with van der Waals surface area (Å²) < 4.78 is 0. The number of benzene rings is 3. The van der Waals surface area contributed by atoms with Crippen LogP contribution in [0.5, 0.6) is 0 Å². The first kappa shape index (κ1) is 19.5. The number of urea groups is 1. The molecule has 0 bridgehead atoms. The van der Waals surface area contributed by atoms with Crippen LogP contribution in [0.25, 0.3) is 0 Å². The third-order valence-electron chi connectivity index (χ3n) is 4.72. The zero-order chi connectivity index (χ0) is 19.9. The molecular formula is C24H27N3O. The van der Waals surface area contributed by atoms with E-state index in [0.29, 0.717) is 13.1 Å². The van der Waals surface area contributed by atoms with Gasteiger partial charge in [0.25, 0.3) is 0 Å². The molecule has 0 saturated carbocycles. The van der Waals surface area contributed by atoms with Crippen LogP contribution >= 0.6 is 0 Å². The zero-order valence-corrected chi connectivity index (χ0v) is 16.7. The zero-order valence-electron chi connectivity index (χ0n) is 16.7. The Balaban J connectivity index is 1.79. The van der Waals surface area contributed by atoms with Gasteiger partial charge in [-0.25, -0.2) is 4.79 Å². The molecule has 28 heavy (non-hydrogen) atoms. The Bertz CT molecular complexity index is 905. The second-order valence-corrected chi connectivity index (χ2v) is 7.15. The average Bonchev–Trinajstić information content (AvgIpc) is 2.70. The number of carbonyl (C=O) groups is 1. The minimum Gasteiger partial charge on any atom is -0.378 e. The largest absolute Gasteiger partial charge is 0.378 e. The minimum absolute atomic E-state index is 0.102. The Hall–Kier alpha value is -3.27. The SMILES string of the molecule is Cc1ccccc1NC(=O)N(Cc1ccccc1)Cc1ccc(N(C)C)cc1. The predicted octanol–water partition coefficient (Wildman–Crippen LogP) is 5.30. The van der Waals surface area contributed by atoms with Gasteiger partial charge in [0.15, 0.2) is 0 Å². The van der Waals surface area contributed by atoms with E-state index in [1.54, 1.807) is 0 Å². The molecule has 0 aliphatic rings. The molecule has 0 saturated heterocycles. The molecule has 144 valence electrons. The molecule has 0 unspecified atom stereocenters. The summed E-state index contributed by atoms with van der Waals surface area (Å²) in [5, 5.41) is 3.06. The highest BCUT2D eigenvalue weighted by Gasteiger charge is 2.16. The minimum atomic E-state index is -0.102. The quantitative estimate of drug-likeness (QED) is 0.637. The Morgan fingerprint density at radius 1 is 0.786 bits per heavy atom. The number of aryl methyl sites for hydroxylation is 1. The number of amides is 2. The Kier molecular flexibility index (Phi) is 6.33. The van der Waals surface area contributed by atoms with E-state index in [1.165, 1.54) is 0 Å². The third kappa shape index (κ3) is 5.13. The van der Waals surface area contributed by atoms with E-state index in [4.69, 9.17) is 0 Å². The van der Waals surface area contributed by atoms with E-state index in [-0.39, 0.29) is 6.03 Å². The van der Waals surface area contributed by atoms with E-state index in [2.05, 4.69) is 34.5 Å². The van der Waals surface area contributed by atoms with Crippen LogP contribution < -0.4 is 10.2 Å². The van der Waals surface area contributed by atoms with Gasteiger partial charge in [-0.3, -0.25) is 0 Å². The first-order valence-corrected chi connectivity index (χ1v) is 9.44. The lowest BCUT2D eigenvalue weighted by atomic mass is 10.1. The first-order chi connectivity index (χ1) is 13.5. The van der Waals surface area contributed by atoms with Crippen molar-refractivity contribution in [2.45, 2.75) is 20.0 Å². The van der Waals surface area contributed by atoms with Gasteiger partial charge in [-0.15, -0.1) is 0 Å². The summed E-state index contributed by atoms with van der Waals surface area (Å²) in [6.45, 7) is 3.09. The number of hydrogen-bond acceptors (Lipinski definition) is 2. The first-order valence-electron chi connectivity index (χ1n) is 9.44. The summed E-state index contributed by atoms with van der Waals surface area (Å²) in [4.78, 5) is 17.0. The fourth-order valence-corrected chi connectivity index (χ4v) is 3.03. The number of nitrogens with zero attached hydrogens (tertiary/aromatic N) is 2. The van der Waals surface area contributed by atoms with E-state index >= 15 is 0 Å². The topological polar surface area (TPSA) is 35.6 Å². The molecular weight excluding hydrogens is 346 g/mol. The lowest BCUT2D eigenvalue weighted by Gasteiger charge is -2.24. The monoisotopic (exact) mass is 373 g/mol. The molecule has 0 radical (unpaired) electrons. The predicted molar refractivity (Wildman–Crippen MR) is 117 cm³/mol. The number of nitrogens with one attached hydrogen (secondary N) is 1. The maximum atomic E-state index is 13.1. The third-order valence-corrected chi connectivity index (χ3v) is 4.72. The summed E-state index contributed by atoms with van der Waals surface area (Å²) in [6, 6.07) is 26.1. The lowest BCUT2D eigenvalue weighted by Crippen LogP contribution is -2.34.